The lowest BCUT2D eigenvalue weighted by Crippen LogP contribution is -2.56. The Morgan fingerprint density at radius 3 is 2.71 bits per heavy atom. The highest BCUT2D eigenvalue weighted by Crippen LogP contribution is 2.43. The Labute approximate surface area is 180 Å². The van der Waals surface area contributed by atoms with Crippen molar-refractivity contribution >= 4 is 17.8 Å². The topological polar surface area (TPSA) is 97.6 Å². The van der Waals surface area contributed by atoms with Crippen LogP contribution in [0, 0.1) is 5.92 Å². The van der Waals surface area contributed by atoms with Gasteiger partial charge in [-0.2, -0.15) is 0 Å². The van der Waals surface area contributed by atoms with Gasteiger partial charge in [-0.3, -0.25) is 14.4 Å². The maximum atomic E-state index is 13.2. The molecule has 5 rings (SSSR count). The van der Waals surface area contributed by atoms with E-state index in [0.717, 1.165) is 37.2 Å². The van der Waals surface area contributed by atoms with Gasteiger partial charge in [0.25, 0.3) is 5.91 Å². The van der Waals surface area contributed by atoms with Gasteiger partial charge in [0, 0.05) is 19.5 Å². The van der Waals surface area contributed by atoms with Gasteiger partial charge in [-0.05, 0) is 24.8 Å². The Balaban J connectivity index is 1.42. The number of ether oxygens (including phenoxy) is 1. The molecular formula is C22H25N5O4. The molecular weight excluding hydrogens is 398 g/mol. The zero-order valence-electron chi connectivity index (χ0n) is 17.4. The number of nitrogens with zero attached hydrogens (tertiary/aromatic N) is 5. The molecule has 9 nitrogen and oxygen atoms in total. The minimum absolute atomic E-state index is 0.0330. The van der Waals surface area contributed by atoms with Crippen molar-refractivity contribution in [3.8, 4) is 0 Å². The maximum absolute atomic E-state index is 13.2. The zero-order valence-corrected chi connectivity index (χ0v) is 17.4. The number of methoxy groups -OCH3 is 1. The van der Waals surface area contributed by atoms with Gasteiger partial charge in [0.05, 0.1) is 25.1 Å². The fourth-order valence-corrected chi connectivity index (χ4v) is 5.22. The summed E-state index contributed by atoms with van der Waals surface area (Å²) in [6, 6.07) is 8.92. The molecule has 3 aliphatic rings. The number of benzene rings is 1. The highest BCUT2D eigenvalue weighted by atomic mass is 16.5. The number of fused-ring (bicyclic) bond motifs is 2. The summed E-state index contributed by atoms with van der Waals surface area (Å²) in [6.07, 6.45) is 3.30. The molecule has 1 aromatic heterocycles. The van der Waals surface area contributed by atoms with Gasteiger partial charge >= 0.3 is 5.97 Å². The van der Waals surface area contributed by atoms with E-state index in [0.29, 0.717) is 18.8 Å². The Morgan fingerprint density at radius 1 is 1.13 bits per heavy atom. The molecule has 0 bridgehead atoms. The SMILES string of the molecule is COC(=O)[C@H]1C[C@H]2CN(C(=O)c3nnc4n3CCCC4)CC(=O)N2[C@H]1c1ccccc1. The van der Waals surface area contributed by atoms with E-state index in [-0.39, 0.29) is 36.4 Å². The molecule has 4 heterocycles. The van der Waals surface area contributed by atoms with Crippen molar-refractivity contribution in [3.05, 3.63) is 47.5 Å². The standard InChI is InChI=1S/C22H25N5O4/c1-31-22(30)16-11-15-12-25(21(29)20-24-23-17-9-5-6-10-26(17)20)13-18(28)27(15)19(16)14-7-3-2-4-8-14/h2-4,7-8,15-16,19H,5-6,9-13H2,1H3/t15-,16-,19-/m0/s1. The summed E-state index contributed by atoms with van der Waals surface area (Å²) >= 11 is 0. The third kappa shape index (κ3) is 3.28. The second kappa shape index (κ2) is 7.79. The second-order valence-electron chi connectivity index (χ2n) is 8.41. The quantitative estimate of drug-likeness (QED) is 0.688. The molecule has 0 aliphatic carbocycles. The molecule has 2 fully saturated rings. The maximum Gasteiger partial charge on any atom is 0.311 e. The number of aromatic nitrogens is 3. The van der Waals surface area contributed by atoms with Crippen LogP contribution < -0.4 is 0 Å². The van der Waals surface area contributed by atoms with Crippen molar-refractivity contribution in [2.45, 2.75) is 44.3 Å². The van der Waals surface area contributed by atoms with Crippen molar-refractivity contribution in [2.24, 2.45) is 5.92 Å². The van der Waals surface area contributed by atoms with E-state index in [2.05, 4.69) is 10.2 Å². The zero-order chi connectivity index (χ0) is 21.5. The summed E-state index contributed by atoms with van der Waals surface area (Å²) in [6.45, 7) is 1.06. The first-order valence-corrected chi connectivity index (χ1v) is 10.7. The number of hydrogen-bond donors (Lipinski definition) is 0. The van der Waals surface area contributed by atoms with Crippen LogP contribution in [0.3, 0.4) is 0 Å². The van der Waals surface area contributed by atoms with Gasteiger partial charge in [0.1, 0.15) is 12.4 Å². The number of aryl methyl sites for hydroxylation is 1. The molecule has 9 heteroatoms. The van der Waals surface area contributed by atoms with Gasteiger partial charge in [-0.15, -0.1) is 10.2 Å². The molecule has 0 saturated carbocycles. The van der Waals surface area contributed by atoms with Crippen molar-refractivity contribution in [3.63, 3.8) is 0 Å². The first-order chi connectivity index (χ1) is 15.1. The average molecular weight is 423 g/mol. The highest BCUT2D eigenvalue weighted by Gasteiger charge is 2.51. The van der Waals surface area contributed by atoms with E-state index in [1.807, 2.05) is 34.9 Å². The minimum atomic E-state index is -0.461. The van der Waals surface area contributed by atoms with Crippen LogP contribution in [0.1, 0.15) is 47.3 Å². The third-order valence-electron chi connectivity index (χ3n) is 6.63. The van der Waals surface area contributed by atoms with Crippen LogP contribution in [0.4, 0.5) is 0 Å². The molecule has 2 saturated heterocycles. The molecule has 0 spiro atoms. The molecule has 2 aromatic rings. The molecule has 0 N–H and O–H groups in total. The molecule has 2 amide bonds. The van der Waals surface area contributed by atoms with Crippen LogP contribution in [0.25, 0.3) is 0 Å². The van der Waals surface area contributed by atoms with Gasteiger partial charge in [0.15, 0.2) is 0 Å². The summed E-state index contributed by atoms with van der Waals surface area (Å²) in [5.41, 5.74) is 0.903. The molecule has 31 heavy (non-hydrogen) atoms. The molecule has 0 radical (unpaired) electrons. The van der Waals surface area contributed by atoms with Gasteiger partial charge in [-0.25, -0.2) is 0 Å². The van der Waals surface area contributed by atoms with Gasteiger partial charge in [-0.1, -0.05) is 30.3 Å². The summed E-state index contributed by atoms with van der Waals surface area (Å²) < 4.78 is 6.92. The first-order valence-electron chi connectivity index (χ1n) is 10.7. The smallest absolute Gasteiger partial charge is 0.311 e. The van der Waals surface area contributed by atoms with Gasteiger partial charge in [0.2, 0.25) is 11.7 Å². The number of amides is 2. The number of esters is 1. The molecule has 1 aromatic carbocycles. The minimum Gasteiger partial charge on any atom is -0.469 e. The van der Waals surface area contributed by atoms with Crippen molar-refractivity contribution in [2.75, 3.05) is 20.2 Å². The Kier molecular flexibility index (Phi) is 4.95. The number of hydrogen-bond acceptors (Lipinski definition) is 6. The van der Waals surface area contributed by atoms with E-state index in [4.69, 9.17) is 4.74 Å². The van der Waals surface area contributed by atoms with Crippen LogP contribution >= 0.6 is 0 Å². The van der Waals surface area contributed by atoms with Crippen LogP contribution in [-0.4, -0.2) is 68.6 Å². The fourth-order valence-electron chi connectivity index (χ4n) is 5.22. The largest absolute Gasteiger partial charge is 0.469 e. The molecule has 0 unspecified atom stereocenters. The number of carbonyl (C=O) groups excluding carboxylic acids is 3. The van der Waals surface area contributed by atoms with Crippen LogP contribution in [0.2, 0.25) is 0 Å². The Morgan fingerprint density at radius 2 is 1.94 bits per heavy atom. The van der Waals surface area contributed by atoms with Crippen LogP contribution in [-0.2, 0) is 27.3 Å². The summed E-state index contributed by atoms with van der Waals surface area (Å²) in [5, 5.41) is 8.29. The normalized spacial score (nSPS) is 25.2. The number of piperazine rings is 1. The van der Waals surface area contributed by atoms with E-state index >= 15 is 0 Å². The monoisotopic (exact) mass is 423 g/mol. The van der Waals surface area contributed by atoms with Crippen molar-refractivity contribution in [1.82, 2.24) is 24.6 Å². The van der Waals surface area contributed by atoms with E-state index in [1.165, 1.54) is 7.11 Å². The van der Waals surface area contributed by atoms with E-state index in [9.17, 15) is 14.4 Å². The predicted octanol–water partition coefficient (Wildman–Crippen LogP) is 1.20. The molecule has 3 atom stereocenters. The van der Waals surface area contributed by atoms with Crippen molar-refractivity contribution in [1.29, 1.82) is 0 Å². The summed E-state index contributed by atoms with van der Waals surface area (Å²) in [7, 11) is 1.37. The highest BCUT2D eigenvalue weighted by molar-refractivity contribution is 5.95. The third-order valence-corrected chi connectivity index (χ3v) is 6.63. The second-order valence-corrected chi connectivity index (χ2v) is 8.41. The Bertz CT molecular complexity index is 1020. The lowest BCUT2D eigenvalue weighted by Gasteiger charge is -2.39. The van der Waals surface area contributed by atoms with E-state index < -0.39 is 5.92 Å². The van der Waals surface area contributed by atoms with Crippen LogP contribution in [0.15, 0.2) is 30.3 Å². The van der Waals surface area contributed by atoms with Crippen molar-refractivity contribution < 1.29 is 19.1 Å². The fraction of sp³-hybridized carbons (Fsp3) is 0.500. The lowest BCUT2D eigenvalue weighted by molar-refractivity contribution is -0.147. The summed E-state index contributed by atoms with van der Waals surface area (Å²) in [5.74, 6) is -0.0965. The molecule has 162 valence electrons. The van der Waals surface area contributed by atoms with Gasteiger partial charge < -0.3 is 19.1 Å². The Hall–Kier alpha value is -3.23. The predicted molar refractivity (Wildman–Crippen MR) is 109 cm³/mol. The first kappa shape index (κ1) is 19.7. The number of rotatable bonds is 3. The number of carbonyl (C=O) groups is 3. The molecule has 3 aliphatic heterocycles. The average Bonchev–Trinajstić information content (AvgIpc) is 3.41. The van der Waals surface area contributed by atoms with E-state index in [1.54, 1.807) is 9.80 Å². The summed E-state index contributed by atoms with van der Waals surface area (Å²) in [4.78, 5) is 42.3. The van der Waals surface area contributed by atoms with Crippen LogP contribution in [0.5, 0.6) is 0 Å². The lowest BCUT2D eigenvalue weighted by atomic mass is 9.93.